The summed E-state index contributed by atoms with van der Waals surface area (Å²) < 4.78 is 0. The van der Waals surface area contributed by atoms with Gasteiger partial charge in [-0.25, -0.2) is 4.79 Å². The number of hydrogen-bond acceptors (Lipinski definition) is 15. The number of carboxylic acids is 1. The van der Waals surface area contributed by atoms with E-state index < -0.39 is 164 Å². The van der Waals surface area contributed by atoms with E-state index in [1.807, 2.05) is 20.8 Å². The van der Waals surface area contributed by atoms with Crippen LogP contribution in [-0.2, 0) is 57.5 Å². The first-order valence-corrected chi connectivity index (χ1v) is 24.8. The molecule has 11 amide bonds. The Balaban J connectivity index is 5.90. The zero-order chi connectivity index (χ0) is 56.0. The summed E-state index contributed by atoms with van der Waals surface area (Å²) in [4.78, 5) is 155. The molecular formula is C46H83N13O14. The van der Waals surface area contributed by atoms with Gasteiger partial charge in [-0.2, -0.15) is 0 Å². The van der Waals surface area contributed by atoms with Crippen molar-refractivity contribution in [3.05, 3.63) is 0 Å². The molecule has 0 aromatic rings. The van der Waals surface area contributed by atoms with Crippen LogP contribution in [-0.4, -0.2) is 162 Å². The van der Waals surface area contributed by atoms with E-state index in [9.17, 15) is 67.7 Å². The van der Waals surface area contributed by atoms with Crippen LogP contribution in [0.2, 0.25) is 0 Å². The predicted molar refractivity (Wildman–Crippen MR) is 266 cm³/mol. The van der Waals surface area contributed by atoms with Crippen molar-refractivity contribution in [1.82, 2.24) is 53.2 Å². The molecule has 0 fully saturated rings. The molecule has 18 N–H and O–H groups in total. The highest BCUT2D eigenvalue weighted by Crippen LogP contribution is 2.13. The third-order valence-corrected chi connectivity index (χ3v) is 11.7. The van der Waals surface area contributed by atoms with Gasteiger partial charge in [0.05, 0.1) is 32.7 Å². The predicted octanol–water partition coefficient (Wildman–Crippen LogP) is -4.51. The molecule has 0 aliphatic rings. The van der Waals surface area contributed by atoms with E-state index in [0.717, 1.165) is 0 Å². The number of rotatable bonds is 37. The highest BCUT2D eigenvalue weighted by Gasteiger charge is 2.35. The van der Waals surface area contributed by atoms with Crippen molar-refractivity contribution in [3.8, 4) is 0 Å². The number of hydrogen-bond donors (Lipinski definition) is 15. The highest BCUT2D eigenvalue weighted by molar-refractivity contribution is 5.98. The summed E-state index contributed by atoms with van der Waals surface area (Å²) in [6.07, 6.45) is 2.43. The van der Waals surface area contributed by atoms with Gasteiger partial charge < -0.3 is 80.6 Å². The molecule has 27 heteroatoms. The molecule has 0 aliphatic heterocycles. The Morgan fingerprint density at radius 1 is 0.493 bits per heavy atom. The minimum atomic E-state index is -1.66. The lowest BCUT2D eigenvalue weighted by molar-refractivity contribution is -0.142. The van der Waals surface area contributed by atoms with Crippen molar-refractivity contribution in [2.75, 3.05) is 32.8 Å². The molecule has 10 atom stereocenters. The first-order valence-electron chi connectivity index (χ1n) is 24.8. The molecule has 0 aromatic heterocycles. The average molecular weight is 1040 g/mol. The zero-order valence-electron chi connectivity index (χ0n) is 43.5. The molecular weight excluding hydrogens is 959 g/mol. The lowest BCUT2D eigenvalue weighted by Crippen LogP contribution is -2.60. The fourth-order valence-corrected chi connectivity index (χ4v) is 6.90. The van der Waals surface area contributed by atoms with Crippen molar-refractivity contribution in [3.63, 3.8) is 0 Å². The second-order valence-electron chi connectivity index (χ2n) is 18.3. The van der Waals surface area contributed by atoms with Gasteiger partial charge >= 0.3 is 5.97 Å². The monoisotopic (exact) mass is 1040 g/mol. The lowest BCUT2D eigenvalue weighted by Gasteiger charge is -2.29. The van der Waals surface area contributed by atoms with Crippen molar-refractivity contribution in [2.45, 2.75) is 168 Å². The summed E-state index contributed by atoms with van der Waals surface area (Å²) >= 11 is 0. The summed E-state index contributed by atoms with van der Waals surface area (Å²) in [6.45, 7) is 11.3. The van der Waals surface area contributed by atoms with Crippen LogP contribution in [0.3, 0.4) is 0 Å². The van der Waals surface area contributed by atoms with Crippen LogP contribution in [0.1, 0.15) is 120 Å². The first kappa shape index (κ1) is 66.5. The number of nitrogens with two attached hydrogens (primary N) is 3. The van der Waals surface area contributed by atoms with E-state index in [-0.39, 0.29) is 31.7 Å². The Bertz CT molecular complexity index is 1870. The van der Waals surface area contributed by atoms with Crippen LogP contribution < -0.4 is 70.4 Å². The van der Waals surface area contributed by atoms with E-state index in [1.54, 1.807) is 27.7 Å². The van der Waals surface area contributed by atoms with Crippen molar-refractivity contribution < 1.29 is 67.7 Å². The molecule has 0 spiro atoms. The summed E-state index contributed by atoms with van der Waals surface area (Å²) in [6, 6.07) is -10.5. The molecule has 0 saturated carbocycles. The molecule has 0 rings (SSSR count). The maximum atomic E-state index is 13.9. The number of primary amides is 1. The van der Waals surface area contributed by atoms with Gasteiger partial charge in [0.15, 0.2) is 0 Å². The van der Waals surface area contributed by atoms with Crippen LogP contribution in [0.4, 0.5) is 0 Å². The van der Waals surface area contributed by atoms with Crippen LogP contribution in [0, 0.1) is 17.8 Å². The Labute approximate surface area is 426 Å². The van der Waals surface area contributed by atoms with Gasteiger partial charge in [-0.15, -0.1) is 0 Å². The van der Waals surface area contributed by atoms with Gasteiger partial charge in [-0.3, -0.25) is 52.7 Å². The third kappa shape index (κ3) is 26.2. The van der Waals surface area contributed by atoms with E-state index in [4.69, 9.17) is 17.2 Å². The number of carbonyl (C=O) groups excluding carboxylic acids is 11. The summed E-state index contributed by atoms with van der Waals surface area (Å²) in [5.41, 5.74) is 16.1. The Kier molecular flexibility index (Phi) is 32.4. The fourth-order valence-electron chi connectivity index (χ4n) is 6.90. The molecule has 0 radical (unpaired) electrons. The van der Waals surface area contributed by atoms with Crippen molar-refractivity contribution in [2.24, 2.45) is 35.0 Å². The van der Waals surface area contributed by atoms with E-state index >= 15 is 0 Å². The van der Waals surface area contributed by atoms with Crippen LogP contribution in [0.25, 0.3) is 0 Å². The lowest BCUT2D eigenvalue weighted by atomic mass is 9.94. The zero-order valence-corrected chi connectivity index (χ0v) is 43.5. The summed E-state index contributed by atoms with van der Waals surface area (Å²) in [5, 5.41) is 43.6. The van der Waals surface area contributed by atoms with Crippen LogP contribution >= 0.6 is 0 Å². The number of unbranched alkanes of at least 4 members (excludes halogenated alkanes) is 2. The minimum Gasteiger partial charge on any atom is -0.480 e. The quantitative estimate of drug-likeness (QED) is 0.0261. The first-order chi connectivity index (χ1) is 34.3. The molecule has 10 unspecified atom stereocenters. The maximum Gasteiger partial charge on any atom is 0.326 e. The van der Waals surface area contributed by atoms with Crippen molar-refractivity contribution in [1.29, 1.82) is 0 Å². The number of carbonyl (C=O) groups is 12. The Morgan fingerprint density at radius 2 is 0.973 bits per heavy atom. The van der Waals surface area contributed by atoms with E-state index in [2.05, 4.69) is 53.2 Å². The summed E-state index contributed by atoms with van der Waals surface area (Å²) in [7, 11) is 0. The maximum absolute atomic E-state index is 13.9. The number of aliphatic hydroxyl groups is 1. The fraction of sp³-hybridized carbons (Fsp3) is 0.739. The number of carboxylic acid groups (broad SMARTS) is 1. The van der Waals surface area contributed by atoms with Crippen LogP contribution in [0.15, 0.2) is 0 Å². The number of aliphatic carboxylic acids is 1. The molecule has 0 heterocycles. The van der Waals surface area contributed by atoms with Gasteiger partial charge in [0, 0.05) is 0 Å². The Morgan fingerprint density at radius 3 is 1.48 bits per heavy atom. The van der Waals surface area contributed by atoms with Crippen LogP contribution in [0.5, 0.6) is 0 Å². The number of nitrogens with one attached hydrogen (secondary N) is 10. The van der Waals surface area contributed by atoms with Gasteiger partial charge in [-0.1, -0.05) is 74.1 Å². The van der Waals surface area contributed by atoms with Gasteiger partial charge in [0.2, 0.25) is 65.0 Å². The molecule has 0 saturated heterocycles. The highest BCUT2D eigenvalue weighted by atomic mass is 16.4. The van der Waals surface area contributed by atoms with Crippen molar-refractivity contribution >= 4 is 70.9 Å². The SMILES string of the molecule is CCCCC(NC(=O)C(CC(C)C)NC(=O)CNC(=O)C(NC(=O)C(NC(=O)C(C)NC(=O)CNC(=O)C(CCCCN)NC(=O)C(CC(N)=O)NC(=O)C(CO)NC(=O)CN)C(C)CC)C(C)CC)C(=O)O. The average Bonchev–Trinajstić information content (AvgIpc) is 3.33. The molecule has 73 heavy (non-hydrogen) atoms. The van der Waals surface area contributed by atoms with E-state index in [1.165, 1.54) is 6.92 Å². The van der Waals surface area contributed by atoms with E-state index in [0.29, 0.717) is 38.5 Å². The van der Waals surface area contributed by atoms with Gasteiger partial charge in [0.1, 0.15) is 48.3 Å². The standard InChI is InChI=1S/C46H83N13O14/c1-9-12-15-29(46(72)73)56-41(67)30(18-24(4)5)53-36(64)22-51-44(70)37(25(6)10-2)59-45(71)38(26(7)11-3)58-39(65)27(8)52-35(63)21-50-40(66)28(16-13-14-17-47)55-42(68)31(19-33(49)61)57-43(69)32(23-60)54-34(62)20-48/h24-32,37-38,60H,9-23,47-48H2,1-8H3,(H2,49,61)(H,50,66)(H,51,70)(H,52,63)(H,53,64)(H,54,62)(H,55,68)(H,56,67)(H,57,69)(H,58,65)(H,59,71)(H,72,73). The topological polar surface area (TPSA) is 444 Å². The molecule has 27 nitrogen and oxygen atoms in total. The molecule has 0 bridgehead atoms. The third-order valence-electron chi connectivity index (χ3n) is 11.7. The van der Waals surface area contributed by atoms with Gasteiger partial charge in [0.25, 0.3) is 0 Å². The number of aliphatic hydroxyl groups excluding tert-OH is 1. The second kappa shape index (κ2) is 35.6. The Hall–Kier alpha value is -6.48. The normalized spacial score (nSPS) is 15.1. The number of amides is 11. The van der Waals surface area contributed by atoms with Gasteiger partial charge in [-0.05, 0) is 63.3 Å². The molecule has 416 valence electrons. The largest absolute Gasteiger partial charge is 0.480 e. The minimum absolute atomic E-state index is 0.0115. The second-order valence-corrected chi connectivity index (χ2v) is 18.3. The summed E-state index contributed by atoms with van der Waals surface area (Å²) in [5.74, 6) is -11.6. The smallest absolute Gasteiger partial charge is 0.326 e. The molecule has 0 aromatic carbocycles. The molecule has 0 aliphatic carbocycles.